The van der Waals surface area contributed by atoms with Crippen LogP contribution >= 0.6 is 11.5 Å². The van der Waals surface area contributed by atoms with Gasteiger partial charge in [0.25, 0.3) is 0 Å². The number of anilines is 2. The van der Waals surface area contributed by atoms with Crippen LogP contribution in [0.25, 0.3) is 0 Å². The summed E-state index contributed by atoms with van der Waals surface area (Å²) in [7, 11) is -6.54. The fraction of sp³-hybridized carbons (Fsp3) is 0.667. The van der Waals surface area contributed by atoms with Gasteiger partial charge in [-0.2, -0.15) is 4.37 Å². The number of hydrogen-bond donors (Lipinski definition) is 2. The maximum Gasteiger partial charge on any atom is 0.187 e. The molecule has 2 rings (SSSR count). The van der Waals surface area contributed by atoms with Gasteiger partial charge in [0.2, 0.25) is 0 Å². The Labute approximate surface area is 116 Å². The lowest BCUT2D eigenvalue weighted by Crippen LogP contribution is -2.16. The van der Waals surface area contributed by atoms with Crippen molar-refractivity contribution < 1.29 is 16.8 Å². The predicted octanol–water partition coefficient (Wildman–Crippen LogP) is 0.118. The summed E-state index contributed by atoms with van der Waals surface area (Å²) in [5, 5.41) is 2.75. The summed E-state index contributed by atoms with van der Waals surface area (Å²) in [4.78, 5) is 0.0218. The third-order valence-electron chi connectivity index (χ3n) is 2.68. The highest BCUT2D eigenvalue weighted by Gasteiger charge is 2.40. The maximum atomic E-state index is 12.2. The zero-order valence-corrected chi connectivity index (χ0v) is 12.7. The Morgan fingerprint density at radius 3 is 2.53 bits per heavy atom. The van der Waals surface area contributed by atoms with Gasteiger partial charge in [-0.05, 0) is 24.4 Å². The van der Waals surface area contributed by atoms with Gasteiger partial charge in [0.15, 0.2) is 15.7 Å². The second-order valence-electron chi connectivity index (χ2n) is 4.53. The molecular formula is C9H15N3O4S3. The van der Waals surface area contributed by atoms with Gasteiger partial charge in [-0.3, -0.25) is 0 Å². The molecule has 3 N–H and O–H groups in total. The van der Waals surface area contributed by atoms with E-state index in [2.05, 4.69) is 9.69 Å². The predicted molar refractivity (Wildman–Crippen MR) is 74.9 cm³/mol. The first kappa shape index (κ1) is 14.5. The Morgan fingerprint density at radius 1 is 1.37 bits per heavy atom. The van der Waals surface area contributed by atoms with Crippen LogP contribution < -0.4 is 11.1 Å². The molecule has 0 aromatic carbocycles. The van der Waals surface area contributed by atoms with Crippen molar-refractivity contribution in [2.45, 2.75) is 23.0 Å². The summed E-state index contributed by atoms with van der Waals surface area (Å²) >= 11 is 0.939. The second-order valence-corrected chi connectivity index (χ2v) is 9.73. The van der Waals surface area contributed by atoms with Gasteiger partial charge in [-0.15, -0.1) is 0 Å². The fourth-order valence-electron chi connectivity index (χ4n) is 1.58. The minimum Gasteiger partial charge on any atom is -0.382 e. The number of rotatable bonds is 6. The van der Waals surface area contributed by atoms with Gasteiger partial charge in [0, 0.05) is 12.8 Å². The van der Waals surface area contributed by atoms with E-state index in [-0.39, 0.29) is 28.3 Å². The molecule has 0 radical (unpaired) electrons. The molecule has 1 aliphatic rings. The topological polar surface area (TPSA) is 119 Å². The first-order chi connectivity index (χ1) is 8.72. The molecule has 0 saturated heterocycles. The molecule has 10 heteroatoms. The van der Waals surface area contributed by atoms with E-state index in [1.54, 1.807) is 0 Å². The molecule has 0 aliphatic heterocycles. The highest BCUT2D eigenvalue weighted by atomic mass is 32.2. The van der Waals surface area contributed by atoms with Gasteiger partial charge in [0.1, 0.15) is 19.7 Å². The van der Waals surface area contributed by atoms with Crippen LogP contribution in [-0.4, -0.2) is 45.0 Å². The zero-order valence-electron chi connectivity index (χ0n) is 10.3. The van der Waals surface area contributed by atoms with Crippen molar-refractivity contribution in [3.63, 3.8) is 0 Å². The number of nitrogens with zero attached hydrogens (tertiary/aromatic N) is 1. The Hall–Kier alpha value is -0.870. The van der Waals surface area contributed by atoms with Gasteiger partial charge in [-0.25, -0.2) is 16.8 Å². The average Bonchev–Trinajstić information content (AvgIpc) is 3.03. The minimum absolute atomic E-state index is 0.0150. The number of nitrogens with two attached hydrogens (primary N) is 1. The van der Waals surface area contributed by atoms with E-state index < -0.39 is 19.7 Å². The van der Waals surface area contributed by atoms with E-state index in [4.69, 9.17) is 5.73 Å². The Kier molecular flexibility index (Phi) is 3.76. The van der Waals surface area contributed by atoms with Crippen LogP contribution in [0.15, 0.2) is 4.90 Å². The van der Waals surface area contributed by atoms with Crippen molar-refractivity contribution in [2.75, 3.05) is 29.6 Å². The lowest BCUT2D eigenvalue weighted by atomic mass is 10.6. The van der Waals surface area contributed by atoms with Crippen molar-refractivity contribution >= 4 is 42.0 Å². The Balaban J connectivity index is 2.19. The summed E-state index contributed by atoms with van der Waals surface area (Å²) in [6, 6.07) is 0. The van der Waals surface area contributed by atoms with Crippen LogP contribution in [0.1, 0.15) is 12.8 Å². The van der Waals surface area contributed by atoms with Crippen molar-refractivity contribution in [1.29, 1.82) is 0 Å². The van der Waals surface area contributed by atoms with Crippen molar-refractivity contribution in [2.24, 2.45) is 0 Å². The summed E-state index contributed by atoms with van der Waals surface area (Å²) in [6.45, 7) is 0.133. The van der Waals surface area contributed by atoms with Crippen LogP contribution in [0, 0.1) is 0 Å². The summed E-state index contributed by atoms with van der Waals surface area (Å²) in [5.41, 5.74) is 5.61. The summed E-state index contributed by atoms with van der Waals surface area (Å²) in [5.74, 6) is -0.0907. The molecule has 0 bridgehead atoms. The number of nitrogens with one attached hydrogen (secondary N) is 1. The van der Waals surface area contributed by atoms with Crippen LogP contribution in [0.4, 0.5) is 10.8 Å². The van der Waals surface area contributed by atoms with Gasteiger partial charge >= 0.3 is 0 Å². The normalized spacial score (nSPS) is 16.5. The van der Waals surface area contributed by atoms with Gasteiger partial charge in [0.05, 0.1) is 11.0 Å². The van der Waals surface area contributed by atoms with Crippen LogP contribution in [0.3, 0.4) is 0 Å². The third kappa shape index (κ3) is 3.37. The lowest BCUT2D eigenvalue weighted by Gasteiger charge is -2.06. The molecule has 1 aromatic rings. The van der Waals surface area contributed by atoms with Crippen LogP contribution in [-0.2, 0) is 19.7 Å². The first-order valence-corrected chi connectivity index (χ1v) is 10.0. The molecule has 1 aliphatic carbocycles. The first-order valence-electron chi connectivity index (χ1n) is 5.62. The molecule has 7 nitrogen and oxygen atoms in total. The molecular weight excluding hydrogens is 310 g/mol. The van der Waals surface area contributed by atoms with E-state index >= 15 is 0 Å². The van der Waals surface area contributed by atoms with E-state index in [1.165, 1.54) is 0 Å². The van der Waals surface area contributed by atoms with Crippen LogP contribution in [0.2, 0.25) is 0 Å². The molecule has 1 heterocycles. The standard InChI is InChI=1S/C9H15N3O4S3/c1-18(13,14)5-4-11-9-7(8(10)12-17-9)19(15,16)6-2-3-6/h6,11H,2-5H2,1H3,(H2,10,12). The molecule has 19 heavy (non-hydrogen) atoms. The molecule has 0 spiro atoms. The number of aromatic nitrogens is 1. The lowest BCUT2D eigenvalue weighted by molar-refractivity contribution is 0.595. The number of hydrogen-bond acceptors (Lipinski definition) is 8. The molecule has 0 amide bonds. The summed E-state index contributed by atoms with van der Waals surface area (Å²) < 4.78 is 50.3. The van der Waals surface area contributed by atoms with Crippen LogP contribution in [0.5, 0.6) is 0 Å². The Morgan fingerprint density at radius 2 is 2.00 bits per heavy atom. The molecule has 0 unspecified atom stereocenters. The van der Waals surface area contributed by atoms with E-state index in [0.29, 0.717) is 17.8 Å². The quantitative estimate of drug-likeness (QED) is 0.762. The molecule has 1 fully saturated rings. The minimum atomic E-state index is -3.44. The highest BCUT2D eigenvalue weighted by molar-refractivity contribution is 7.92. The van der Waals surface area contributed by atoms with Gasteiger partial charge < -0.3 is 11.1 Å². The van der Waals surface area contributed by atoms with E-state index in [1.807, 2.05) is 0 Å². The summed E-state index contributed by atoms with van der Waals surface area (Å²) in [6.07, 6.45) is 2.40. The molecule has 108 valence electrons. The SMILES string of the molecule is CS(=O)(=O)CCNc1snc(N)c1S(=O)(=O)C1CC1. The molecule has 1 aromatic heterocycles. The number of nitrogen functional groups attached to an aromatic ring is 1. The third-order valence-corrected chi connectivity index (χ3v) is 6.91. The smallest absolute Gasteiger partial charge is 0.187 e. The van der Waals surface area contributed by atoms with Gasteiger partial charge in [-0.1, -0.05) is 0 Å². The molecule has 0 atom stereocenters. The second kappa shape index (κ2) is 4.91. The van der Waals surface area contributed by atoms with Crippen molar-refractivity contribution in [1.82, 2.24) is 4.37 Å². The average molecular weight is 325 g/mol. The zero-order chi connectivity index (χ0) is 14.3. The monoisotopic (exact) mass is 325 g/mol. The fourth-order valence-corrected chi connectivity index (χ4v) is 4.96. The van der Waals surface area contributed by atoms with E-state index in [0.717, 1.165) is 17.8 Å². The largest absolute Gasteiger partial charge is 0.382 e. The Bertz CT molecular complexity index is 674. The van der Waals surface area contributed by atoms with Crippen molar-refractivity contribution in [3.8, 4) is 0 Å². The molecule has 1 saturated carbocycles. The van der Waals surface area contributed by atoms with Crippen molar-refractivity contribution in [3.05, 3.63) is 0 Å². The number of sulfone groups is 2. The van der Waals surface area contributed by atoms with E-state index in [9.17, 15) is 16.8 Å². The highest BCUT2D eigenvalue weighted by Crippen LogP contribution is 2.40. The maximum absolute atomic E-state index is 12.2.